The van der Waals surface area contributed by atoms with Crippen LogP contribution in [0.25, 0.3) is 0 Å². The second kappa shape index (κ2) is 9.18. The number of amides is 1. The second-order valence-corrected chi connectivity index (χ2v) is 7.86. The molecule has 25 heavy (non-hydrogen) atoms. The smallest absolute Gasteiger partial charge is 0.407 e. The number of alkyl carbamates (subject to hydrolysis) is 1. The van der Waals surface area contributed by atoms with E-state index in [0.29, 0.717) is 12.5 Å². The van der Waals surface area contributed by atoms with Gasteiger partial charge in [0.25, 0.3) is 0 Å². The van der Waals surface area contributed by atoms with E-state index >= 15 is 0 Å². The lowest BCUT2D eigenvalue weighted by atomic mass is 9.90. The van der Waals surface area contributed by atoms with E-state index in [9.17, 15) is 9.18 Å². The summed E-state index contributed by atoms with van der Waals surface area (Å²) in [4.78, 5) is 14.0. The molecule has 4 nitrogen and oxygen atoms in total. The molecule has 5 heteroatoms. The van der Waals surface area contributed by atoms with Crippen LogP contribution < -0.4 is 5.32 Å². The van der Waals surface area contributed by atoms with Crippen molar-refractivity contribution in [2.75, 3.05) is 26.2 Å². The zero-order valence-corrected chi connectivity index (χ0v) is 15.7. The third kappa shape index (κ3) is 7.43. The van der Waals surface area contributed by atoms with Gasteiger partial charge < -0.3 is 15.0 Å². The molecule has 0 aromatic heterocycles. The first-order valence-corrected chi connectivity index (χ1v) is 9.26. The van der Waals surface area contributed by atoms with Gasteiger partial charge in [0.05, 0.1) is 0 Å². The van der Waals surface area contributed by atoms with Gasteiger partial charge in [0.2, 0.25) is 0 Å². The minimum Gasteiger partial charge on any atom is -0.444 e. The number of halogens is 1. The van der Waals surface area contributed by atoms with Crippen LogP contribution in [0.15, 0.2) is 24.3 Å². The fourth-order valence-corrected chi connectivity index (χ4v) is 3.20. The normalized spacial score (nSPS) is 16.6. The third-order valence-corrected chi connectivity index (χ3v) is 4.49. The van der Waals surface area contributed by atoms with Gasteiger partial charge in [0, 0.05) is 6.54 Å². The Morgan fingerprint density at radius 1 is 1.28 bits per heavy atom. The highest BCUT2D eigenvalue weighted by atomic mass is 19.1. The Labute approximate surface area is 150 Å². The highest BCUT2D eigenvalue weighted by Crippen LogP contribution is 2.23. The zero-order chi connectivity index (χ0) is 18.3. The SMILES string of the molecule is CC(C)(C)OC(=O)NCCCN1CCC(Cc2ccccc2F)CC1. The molecule has 0 saturated carbocycles. The van der Waals surface area contributed by atoms with Gasteiger partial charge in [-0.3, -0.25) is 0 Å². The average Bonchev–Trinajstić information content (AvgIpc) is 2.53. The maximum atomic E-state index is 13.7. The van der Waals surface area contributed by atoms with Crippen molar-refractivity contribution >= 4 is 6.09 Å². The molecular formula is C20H31FN2O2. The predicted octanol–water partition coefficient (Wildman–Crippen LogP) is 4.00. The number of carbonyl (C=O) groups is 1. The van der Waals surface area contributed by atoms with Gasteiger partial charge in [-0.1, -0.05) is 18.2 Å². The number of likely N-dealkylation sites (tertiary alicyclic amines) is 1. The average molecular weight is 350 g/mol. The number of nitrogens with zero attached hydrogens (tertiary/aromatic N) is 1. The van der Waals surface area contributed by atoms with Crippen molar-refractivity contribution in [3.8, 4) is 0 Å². The monoisotopic (exact) mass is 350 g/mol. The molecule has 1 aliphatic heterocycles. The molecule has 1 aromatic carbocycles. The van der Waals surface area contributed by atoms with Crippen molar-refractivity contribution in [3.05, 3.63) is 35.6 Å². The number of ether oxygens (including phenoxy) is 1. The van der Waals surface area contributed by atoms with Gasteiger partial charge >= 0.3 is 6.09 Å². The Kier molecular flexibility index (Phi) is 7.24. The van der Waals surface area contributed by atoms with Crippen LogP contribution in [0.2, 0.25) is 0 Å². The second-order valence-electron chi connectivity index (χ2n) is 7.86. The Morgan fingerprint density at radius 2 is 1.96 bits per heavy atom. The van der Waals surface area contributed by atoms with Crippen molar-refractivity contribution in [1.82, 2.24) is 10.2 Å². The van der Waals surface area contributed by atoms with E-state index in [1.54, 1.807) is 12.1 Å². The lowest BCUT2D eigenvalue weighted by Gasteiger charge is -2.32. The van der Waals surface area contributed by atoms with Gasteiger partial charge in [-0.05, 0) is 83.6 Å². The fourth-order valence-electron chi connectivity index (χ4n) is 3.20. The summed E-state index contributed by atoms with van der Waals surface area (Å²) < 4.78 is 19.0. The van der Waals surface area contributed by atoms with E-state index in [-0.39, 0.29) is 11.9 Å². The first-order valence-electron chi connectivity index (χ1n) is 9.26. The molecule has 1 aromatic rings. The molecule has 140 valence electrons. The summed E-state index contributed by atoms with van der Waals surface area (Å²) in [6, 6.07) is 7.09. The first kappa shape index (κ1) is 19.7. The minimum atomic E-state index is -0.454. The van der Waals surface area contributed by atoms with E-state index in [1.807, 2.05) is 32.9 Å². The lowest BCUT2D eigenvalue weighted by Crippen LogP contribution is -2.37. The molecule has 0 aliphatic carbocycles. The highest BCUT2D eigenvalue weighted by Gasteiger charge is 2.20. The fraction of sp³-hybridized carbons (Fsp3) is 0.650. The summed E-state index contributed by atoms with van der Waals surface area (Å²) in [5.41, 5.74) is 0.381. The van der Waals surface area contributed by atoms with Gasteiger partial charge in [0.1, 0.15) is 11.4 Å². The highest BCUT2D eigenvalue weighted by molar-refractivity contribution is 5.67. The summed E-state index contributed by atoms with van der Waals surface area (Å²) in [5, 5.41) is 2.80. The van der Waals surface area contributed by atoms with Crippen LogP contribution in [0.4, 0.5) is 9.18 Å². The van der Waals surface area contributed by atoms with Gasteiger partial charge in [-0.25, -0.2) is 9.18 Å². The number of nitrogens with one attached hydrogen (secondary N) is 1. The number of hydrogen-bond donors (Lipinski definition) is 1. The Hall–Kier alpha value is -1.62. The van der Waals surface area contributed by atoms with E-state index in [4.69, 9.17) is 4.74 Å². The number of hydrogen-bond acceptors (Lipinski definition) is 3. The van der Waals surface area contributed by atoms with Crippen molar-refractivity contribution in [2.45, 2.75) is 52.1 Å². The molecule has 1 N–H and O–H groups in total. The van der Waals surface area contributed by atoms with Crippen LogP contribution in [-0.2, 0) is 11.2 Å². The Morgan fingerprint density at radius 3 is 2.60 bits per heavy atom. The van der Waals surface area contributed by atoms with Crippen LogP contribution in [0.3, 0.4) is 0 Å². The Bertz CT molecular complexity index is 549. The summed E-state index contributed by atoms with van der Waals surface area (Å²) in [6.45, 7) is 9.28. The molecule has 0 bridgehead atoms. The summed E-state index contributed by atoms with van der Waals surface area (Å²) in [7, 11) is 0. The van der Waals surface area contributed by atoms with Gasteiger partial charge in [-0.15, -0.1) is 0 Å². The zero-order valence-electron chi connectivity index (χ0n) is 15.7. The van der Waals surface area contributed by atoms with E-state index in [1.165, 1.54) is 0 Å². The Balaban J connectivity index is 1.60. The molecule has 0 unspecified atom stereocenters. The topological polar surface area (TPSA) is 41.6 Å². The predicted molar refractivity (Wildman–Crippen MR) is 98.1 cm³/mol. The molecule has 1 heterocycles. The summed E-state index contributed by atoms with van der Waals surface area (Å²) in [6.07, 6.45) is 3.61. The quantitative estimate of drug-likeness (QED) is 0.789. The van der Waals surface area contributed by atoms with Crippen molar-refractivity contribution in [1.29, 1.82) is 0 Å². The van der Waals surface area contributed by atoms with E-state index < -0.39 is 5.60 Å². The lowest BCUT2D eigenvalue weighted by molar-refractivity contribution is 0.0525. The largest absolute Gasteiger partial charge is 0.444 e. The standard InChI is InChI=1S/C20H31FN2O2/c1-20(2,3)25-19(24)22-11-6-12-23-13-9-16(10-14-23)15-17-7-4-5-8-18(17)21/h4-5,7-8,16H,6,9-15H2,1-3H3,(H,22,24). The van der Waals surface area contributed by atoms with Crippen LogP contribution >= 0.6 is 0 Å². The molecule has 1 fully saturated rings. The number of rotatable bonds is 6. The van der Waals surface area contributed by atoms with Gasteiger partial charge in [-0.2, -0.15) is 0 Å². The molecule has 1 amide bonds. The molecule has 0 radical (unpaired) electrons. The molecule has 2 rings (SSSR count). The van der Waals surface area contributed by atoms with Crippen LogP contribution in [0, 0.1) is 11.7 Å². The van der Waals surface area contributed by atoms with E-state index in [0.717, 1.165) is 50.9 Å². The number of carbonyl (C=O) groups excluding carboxylic acids is 1. The maximum Gasteiger partial charge on any atom is 0.407 e. The first-order chi connectivity index (χ1) is 11.8. The van der Waals surface area contributed by atoms with Crippen LogP contribution in [-0.4, -0.2) is 42.8 Å². The number of piperidine rings is 1. The van der Waals surface area contributed by atoms with Crippen LogP contribution in [0.1, 0.15) is 45.6 Å². The molecule has 1 aliphatic rings. The maximum absolute atomic E-state index is 13.7. The number of benzene rings is 1. The van der Waals surface area contributed by atoms with Crippen LogP contribution in [0.5, 0.6) is 0 Å². The van der Waals surface area contributed by atoms with Crippen molar-refractivity contribution in [2.24, 2.45) is 5.92 Å². The van der Waals surface area contributed by atoms with Crippen molar-refractivity contribution < 1.29 is 13.9 Å². The molecule has 0 atom stereocenters. The van der Waals surface area contributed by atoms with E-state index in [2.05, 4.69) is 10.2 Å². The molecule has 0 spiro atoms. The van der Waals surface area contributed by atoms with Gasteiger partial charge in [0.15, 0.2) is 0 Å². The molecule has 1 saturated heterocycles. The summed E-state index contributed by atoms with van der Waals surface area (Å²) in [5.74, 6) is 0.478. The summed E-state index contributed by atoms with van der Waals surface area (Å²) >= 11 is 0. The third-order valence-electron chi connectivity index (χ3n) is 4.49. The minimum absolute atomic E-state index is 0.0850. The van der Waals surface area contributed by atoms with Crippen molar-refractivity contribution in [3.63, 3.8) is 0 Å². The molecular weight excluding hydrogens is 319 g/mol.